The highest BCUT2D eigenvalue weighted by Crippen LogP contribution is 2.21. The summed E-state index contributed by atoms with van der Waals surface area (Å²) in [5.41, 5.74) is 7.34. The molecule has 44 heavy (non-hydrogen) atoms. The summed E-state index contributed by atoms with van der Waals surface area (Å²) in [7, 11) is 0. The van der Waals surface area contributed by atoms with Gasteiger partial charge in [0.1, 0.15) is 18.5 Å². The Balaban J connectivity index is 1.84. The lowest BCUT2D eigenvalue weighted by Crippen LogP contribution is -2.53. The summed E-state index contributed by atoms with van der Waals surface area (Å²) in [5, 5.41) is 5.95. The number of amidine groups is 1. The number of unbranched alkanes of at least 4 members (excludes halogenated alkanes) is 3. The maximum absolute atomic E-state index is 13.4. The first-order valence-corrected chi connectivity index (χ1v) is 15.8. The largest absolute Gasteiger partial charge is 0.465 e. The van der Waals surface area contributed by atoms with E-state index in [2.05, 4.69) is 22.5 Å². The number of benzene rings is 1. The van der Waals surface area contributed by atoms with E-state index in [0.29, 0.717) is 38.2 Å². The number of likely N-dealkylation sites (tertiary alicyclic amines) is 1. The van der Waals surface area contributed by atoms with E-state index in [1.54, 1.807) is 36.1 Å². The zero-order valence-electron chi connectivity index (χ0n) is 26.8. The van der Waals surface area contributed by atoms with Gasteiger partial charge < -0.3 is 30.2 Å². The molecule has 0 bridgehead atoms. The van der Waals surface area contributed by atoms with E-state index in [0.717, 1.165) is 24.8 Å². The van der Waals surface area contributed by atoms with Gasteiger partial charge >= 0.3 is 12.1 Å². The third kappa shape index (κ3) is 13.4. The predicted molar refractivity (Wildman–Crippen MR) is 168 cm³/mol. The van der Waals surface area contributed by atoms with Crippen molar-refractivity contribution < 1.29 is 33.4 Å². The van der Waals surface area contributed by atoms with Crippen LogP contribution in [0.5, 0.6) is 0 Å². The Hall–Kier alpha value is -3.51. The normalized spacial score (nSPS) is 15.7. The van der Waals surface area contributed by atoms with Crippen molar-refractivity contribution in [3.05, 3.63) is 35.4 Å². The molecule has 246 valence electrons. The van der Waals surface area contributed by atoms with Crippen molar-refractivity contribution in [2.45, 2.75) is 91.3 Å². The van der Waals surface area contributed by atoms with E-state index >= 15 is 0 Å². The Bertz CT molecular complexity index is 1080. The van der Waals surface area contributed by atoms with E-state index < -0.39 is 24.1 Å². The van der Waals surface area contributed by atoms with Crippen molar-refractivity contribution in [2.75, 3.05) is 39.5 Å². The molecule has 0 spiro atoms. The number of amides is 3. The van der Waals surface area contributed by atoms with Gasteiger partial charge in [-0.15, -0.1) is 0 Å². The monoisotopic (exact) mass is 617 g/mol. The lowest BCUT2D eigenvalue weighted by Gasteiger charge is -2.29. The smallest absolute Gasteiger partial charge is 0.435 e. The molecule has 12 nitrogen and oxygen atoms in total. The minimum absolute atomic E-state index is 0.0266. The molecular weight excluding hydrogens is 566 g/mol. The number of hydrogen-bond donors (Lipinski definition) is 3. The molecule has 1 aliphatic heterocycles. The standard InChI is InChI=1S/C32H51N5O7/c1-5-7-8-9-17-42-18-19-44-32(41)36-29(33)25-14-12-24(13-15-25)21-35-30(39)27-11-10-16-37(27)31(40)26(20-23(3)4)34-22-28(38)43-6-2/h12-15,23,26-27,34H,5-11,16-22H2,1-4H3,(H,35,39)(H2,33,36,41)/t26?,27-/m0/s1. The molecule has 1 heterocycles. The fourth-order valence-corrected chi connectivity index (χ4v) is 4.88. The average molecular weight is 618 g/mol. The van der Waals surface area contributed by atoms with E-state index in [9.17, 15) is 19.2 Å². The zero-order valence-corrected chi connectivity index (χ0v) is 26.8. The van der Waals surface area contributed by atoms with Crippen LogP contribution in [0.15, 0.2) is 29.3 Å². The van der Waals surface area contributed by atoms with Gasteiger partial charge in [-0.1, -0.05) is 64.3 Å². The second-order valence-corrected chi connectivity index (χ2v) is 11.3. The molecule has 1 aromatic rings. The molecule has 1 saturated heterocycles. The molecule has 1 fully saturated rings. The number of ether oxygens (including phenoxy) is 3. The average Bonchev–Trinajstić information content (AvgIpc) is 3.49. The molecule has 0 saturated carbocycles. The van der Waals surface area contributed by atoms with Gasteiger partial charge in [-0.2, -0.15) is 4.99 Å². The van der Waals surface area contributed by atoms with Crippen LogP contribution in [0, 0.1) is 5.92 Å². The molecule has 0 aromatic heterocycles. The summed E-state index contributed by atoms with van der Waals surface area (Å²) < 4.78 is 15.5. The van der Waals surface area contributed by atoms with Gasteiger partial charge in [-0.25, -0.2) is 4.79 Å². The van der Waals surface area contributed by atoms with Crippen molar-refractivity contribution >= 4 is 29.7 Å². The van der Waals surface area contributed by atoms with E-state index in [1.165, 1.54) is 12.8 Å². The summed E-state index contributed by atoms with van der Waals surface area (Å²) in [6.45, 7) is 9.89. The quantitative estimate of drug-likeness (QED) is 0.0915. The van der Waals surface area contributed by atoms with E-state index in [1.807, 2.05) is 13.8 Å². The van der Waals surface area contributed by atoms with Crippen LogP contribution in [0.2, 0.25) is 0 Å². The maximum atomic E-state index is 13.4. The van der Waals surface area contributed by atoms with Crippen LogP contribution in [0.1, 0.15) is 83.8 Å². The second kappa shape index (κ2) is 20.4. The first-order valence-electron chi connectivity index (χ1n) is 15.8. The second-order valence-electron chi connectivity index (χ2n) is 11.3. The molecular formula is C32H51N5O7. The fourth-order valence-electron chi connectivity index (χ4n) is 4.88. The van der Waals surface area contributed by atoms with Gasteiger partial charge in [0.2, 0.25) is 11.8 Å². The van der Waals surface area contributed by atoms with Crippen LogP contribution in [0.4, 0.5) is 4.79 Å². The molecule has 1 aromatic carbocycles. The highest BCUT2D eigenvalue weighted by molar-refractivity contribution is 6.02. The van der Waals surface area contributed by atoms with Crippen molar-refractivity contribution in [1.82, 2.24) is 15.5 Å². The fraction of sp³-hybridized carbons (Fsp3) is 0.656. The maximum Gasteiger partial charge on any atom is 0.435 e. The first kappa shape index (κ1) is 36.7. The molecule has 0 aliphatic carbocycles. The zero-order chi connectivity index (χ0) is 32.3. The summed E-state index contributed by atoms with van der Waals surface area (Å²) in [4.78, 5) is 55.8. The number of nitrogens with zero attached hydrogens (tertiary/aromatic N) is 2. The third-order valence-electron chi connectivity index (χ3n) is 7.17. The van der Waals surface area contributed by atoms with Crippen LogP contribution in [0.3, 0.4) is 0 Å². The third-order valence-corrected chi connectivity index (χ3v) is 7.17. The SMILES string of the molecule is CCCCCCOCCOC(=O)N=C(N)c1ccc(CNC(=O)[C@@H]2CCCN2C(=O)C(CC(C)C)NCC(=O)OCC)cc1. The highest BCUT2D eigenvalue weighted by Gasteiger charge is 2.37. The Morgan fingerprint density at radius 3 is 2.45 bits per heavy atom. The number of rotatable bonds is 19. The van der Waals surface area contributed by atoms with Gasteiger partial charge in [0.25, 0.3) is 0 Å². The lowest BCUT2D eigenvalue weighted by molar-refractivity contribution is -0.143. The van der Waals surface area contributed by atoms with Gasteiger partial charge in [0, 0.05) is 25.3 Å². The Kier molecular flexibility index (Phi) is 17.0. The van der Waals surface area contributed by atoms with Crippen LogP contribution < -0.4 is 16.4 Å². The predicted octanol–water partition coefficient (Wildman–Crippen LogP) is 3.30. The Labute approximate surface area is 261 Å². The summed E-state index contributed by atoms with van der Waals surface area (Å²) in [5.74, 6) is -0.599. The van der Waals surface area contributed by atoms with Crippen LogP contribution >= 0.6 is 0 Å². The van der Waals surface area contributed by atoms with Gasteiger partial charge in [-0.3, -0.25) is 19.7 Å². The van der Waals surface area contributed by atoms with Crippen LogP contribution in [-0.4, -0.2) is 86.2 Å². The van der Waals surface area contributed by atoms with Gasteiger partial charge in [0.05, 0.1) is 25.8 Å². The van der Waals surface area contributed by atoms with Crippen LogP contribution in [0.25, 0.3) is 0 Å². The molecule has 2 rings (SSSR count). The van der Waals surface area contributed by atoms with Crippen molar-refractivity contribution in [1.29, 1.82) is 0 Å². The molecule has 0 radical (unpaired) electrons. The molecule has 4 N–H and O–H groups in total. The van der Waals surface area contributed by atoms with Gasteiger partial charge in [-0.05, 0) is 44.1 Å². The van der Waals surface area contributed by atoms with E-state index in [-0.39, 0.29) is 49.9 Å². The number of nitrogens with two attached hydrogens (primary N) is 1. The lowest BCUT2D eigenvalue weighted by atomic mass is 10.0. The minimum atomic E-state index is -0.782. The number of carbonyl (C=O) groups is 4. The first-order chi connectivity index (χ1) is 21.2. The molecule has 1 aliphatic rings. The Morgan fingerprint density at radius 1 is 1.02 bits per heavy atom. The summed E-state index contributed by atoms with van der Waals surface area (Å²) >= 11 is 0. The number of esters is 1. The van der Waals surface area contributed by atoms with Crippen LogP contribution in [-0.2, 0) is 35.1 Å². The minimum Gasteiger partial charge on any atom is -0.465 e. The summed E-state index contributed by atoms with van der Waals surface area (Å²) in [6, 6.07) is 5.82. The molecule has 1 unspecified atom stereocenters. The van der Waals surface area contributed by atoms with Crippen molar-refractivity contribution in [3.63, 3.8) is 0 Å². The Morgan fingerprint density at radius 2 is 1.77 bits per heavy atom. The topological polar surface area (TPSA) is 162 Å². The van der Waals surface area contributed by atoms with Crippen molar-refractivity contribution in [2.24, 2.45) is 16.6 Å². The number of aliphatic imine (C=N–C) groups is 1. The van der Waals surface area contributed by atoms with Gasteiger partial charge in [0.15, 0.2) is 0 Å². The highest BCUT2D eigenvalue weighted by atomic mass is 16.6. The number of nitrogens with one attached hydrogen (secondary N) is 2. The number of carbonyl (C=O) groups excluding carboxylic acids is 4. The molecule has 2 atom stereocenters. The van der Waals surface area contributed by atoms with Crippen molar-refractivity contribution in [3.8, 4) is 0 Å². The molecule has 3 amide bonds. The number of hydrogen-bond acceptors (Lipinski definition) is 8. The van der Waals surface area contributed by atoms with E-state index in [4.69, 9.17) is 19.9 Å². The summed E-state index contributed by atoms with van der Waals surface area (Å²) in [6.07, 6.45) is 5.50. The molecule has 12 heteroatoms.